The molecule has 2 nitrogen and oxygen atoms in total. The average Bonchev–Trinajstić information content (AvgIpc) is 2.60. The smallest absolute Gasteiger partial charge is 0.133 e. The summed E-state index contributed by atoms with van der Waals surface area (Å²) < 4.78 is 11.6. The highest BCUT2D eigenvalue weighted by Crippen LogP contribution is 2.36. The summed E-state index contributed by atoms with van der Waals surface area (Å²) in [6, 6.07) is 5.95. The predicted molar refractivity (Wildman–Crippen MR) is 74.2 cm³/mol. The molecule has 0 saturated heterocycles. The van der Waals surface area contributed by atoms with Crippen LogP contribution in [-0.4, -0.2) is 11.5 Å². The standard InChI is InChI=1S/C11H9Br2NOS/c1-6-10(13)11(14-16-6)7-3-4-9(15-2)8(12)5-7/h3-5H,1-2H3. The summed E-state index contributed by atoms with van der Waals surface area (Å²) in [6.45, 7) is 2.05. The number of benzene rings is 1. The molecule has 0 spiro atoms. The van der Waals surface area contributed by atoms with Crippen molar-refractivity contribution < 1.29 is 4.74 Å². The van der Waals surface area contributed by atoms with Crippen LogP contribution in [0.1, 0.15) is 4.88 Å². The number of methoxy groups -OCH3 is 1. The van der Waals surface area contributed by atoms with E-state index < -0.39 is 0 Å². The van der Waals surface area contributed by atoms with Crippen molar-refractivity contribution in [3.63, 3.8) is 0 Å². The maximum Gasteiger partial charge on any atom is 0.133 e. The summed E-state index contributed by atoms with van der Waals surface area (Å²) in [7, 11) is 1.66. The predicted octanol–water partition coefficient (Wildman–Crippen LogP) is 4.65. The zero-order chi connectivity index (χ0) is 11.7. The van der Waals surface area contributed by atoms with E-state index in [-0.39, 0.29) is 0 Å². The molecule has 2 aromatic rings. The first-order valence-electron chi connectivity index (χ1n) is 4.59. The summed E-state index contributed by atoms with van der Waals surface area (Å²) in [5, 5.41) is 0. The molecule has 1 aromatic carbocycles. The molecule has 5 heteroatoms. The Morgan fingerprint density at radius 1 is 1.31 bits per heavy atom. The molecule has 0 aliphatic rings. The van der Waals surface area contributed by atoms with Gasteiger partial charge in [-0.3, -0.25) is 0 Å². The second-order valence-corrected chi connectivity index (χ2v) is 5.88. The summed E-state index contributed by atoms with van der Waals surface area (Å²) >= 11 is 8.52. The van der Waals surface area contributed by atoms with E-state index in [4.69, 9.17) is 4.74 Å². The van der Waals surface area contributed by atoms with Gasteiger partial charge in [-0.05, 0) is 68.5 Å². The molecule has 1 aromatic heterocycles. The van der Waals surface area contributed by atoms with Crippen molar-refractivity contribution >= 4 is 43.4 Å². The van der Waals surface area contributed by atoms with Crippen LogP contribution in [0.25, 0.3) is 11.3 Å². The third-order valence-electron chi connectivity index (χ3n) is 2.22. The molecule has 0 fully saturated rings. The molecule has 84 valence electrons. The lowest BCUT2D eigenvalue weighted by Gasteiger charge is -2.05. The Balaban J connectivity index is 2.49. The van der Waals surface area contributed by atoms with Crippen LogP contribution in [0.5, 0.6) is 5.75 Å². The minimum Gasteiger partial charge on any atom is -0.496 e. The van der Waals surface area contributed by atoms with E-state index in [0.717, 1.165) is 26.0 Å². The SMILES string of the molecule is COc1ccc(-c2nsc(C)c2Br)cc1Br. The molecule has 0 bridgehead atoms. The summed E-state index contributed by atoms with van der Waals surface area (Å²) in [5.74, 6) is 0.826. The Bertz CT molecular complexity index is 525. The number of halogens is 2. The zero-order valence-electron chi connectivity index (χ0n) is 8.75. The second-order valence-electron chi connectivity index (χ2n) is 3.25. The first-order valence-corrected chi connectivity index (χ1v) is 6.95. The number of aromatic nitrogens is 1. The molecule has 0 amide bonds. The van der Waals surface area contributed by atoms with Gasteiger partial charge in [0.25, 0.3) is 0 Å². The van der Waals surface area contributed by atoms with Crippen molar-refractivity contribution in [2.45, 2.75) is 6.92 Å². The van der Waals surface area contributed by atoms with Crippen molar-refractivity contribution in [1.29, 1.82) is 0 Å². The Hall–Kier alpha value is -0.390. The molecular weight excluding hydrogens is 354 g/mol. The van der Waals surface area contributed by atoms with Gasteiger partial charge in [0.05, 0.1) is 21.7 Å². The molecule has 0 N–H and O–H groups in total. The number of rotatable bonds is 2. The van der Waals surface area contributed by atoms with E-state index >= 15 is 0 Å². The van der Waals surface area contributed by atoms with Crippen molar-refractivity contribution in [3.05, 3.63) is 32.0 Å². The van der Waals surface area contributed by atoms with Gasteiger partial charge in [-0.2, -0.15) is 4.37 Å². The summed E-state index contributed by atoms with van der Waals surface area (Å²) in [6.07, 6.45) is 0. The first-order chi connectivity index (χ1) is 7.63. The van der Waals surface area contributed by atoms with E-state index in [2.05, 4.69) is 36.2 Å². The van der Waals surface area contributed by atoms with Gasteiger partial charge >= 0.3 is 0 Å². The highest BCUT2D eigenvalue weighted by molar-refractivity contribution is 9.11. The third kappa shape index (κ3) is 2.17. The molecule has 0 aliphatic heterocycles. The summed E-state index contributed by atoms with van der Waals surface area (Å²) in [4.78, 5) is 1.18. The molecule has 0 atom stereocenters. The molecular formula is C11H9Br2NOS. The third-order valence-corrected chi connectivity index (χ3v) is 4.82. The van der Waals surface area contributed by atoms with E-state index in [0.29, 0.717) is 0 Å². The fourth-order valence-corrected chi connectivity index (χ4v) is 3.15. The van der Waals surface area contributed by atoms with E-state index in [1.807, 2.05) is 25.1 Å². The van der Waals surface area contributed by atoms with E-state index in [1.54, 1.807) is 7.11 Å². The van der Waals surface area contributed by atoms with Crippen molar-refractivity contribution in [3.8, 4) is 17.0 Å². The maximum atomic E-state index is 5.19. The van der Waals surface area contributed by atoms with Crippen LogP contribution < -0.4 is 4.74 Å². The van der Waals surface area contributed by atoms with Gasteiger partial charge in [-0.1, -0.05) is 0 Å². The van der Waals surface area contributed by atoms with Crippen LogP contribution in [0.3, 0.4) is 0 Å². The Labute approximate surface area is 115 Å². The zero-order valence-corrected chi connectivity index (χ0v) is 12.7. The lowest BCUT2D eigenvalue weighted by molar-refractivity contribution is 0.412. The van der Waals surface area contributed by atoms with Gasteiger partial charge in [0.2, 0.25) is 0 Å². The lowest BCUT2D eigenvalue weighted by Crippen LogP contribution is -1.85. The summed E-state index contributed by atoms with van der Waals surface area (Å²) in [5.41, 5.74) is 2.05. The van der Waals surface area contributed by atoms with Gasteiger partial charge in [0, 0.05) is 10.4 Å². The van der Waals surface area contributed by atoms with Gasteiger partial charge in [-0.25, -0.2) is 0 Å². The fourth-order valence-electron chi connectivity index (χ4n) is 1.35. The lowest BCUT2D eigenvalue weighted by atomic mass is 10.1. The molecule has 0 aliphatic carbocycles. The van der Waals surface area contributed by atoms with E-state index in [9.17, 15) is 0 Å². The topological polar surface area (TPSA) is 22.1 Å². The van der Waals surface area contributed by atoms with Gasteiger partial charge in [0.15, 0.2) is 0 Å². The normalized spacial score (nSPS) is 10.5. The quantitative estimate of drug-likeness (QED) is 0.775. The van der Waals surface area contributed by atoms with Gasteiger partial charge < -0.3 is 4.74 Å². The Kier molecular flexibility index (Phi) is 3.66. The van der Waals surface area contributed by atoms with Crippen molar-refractivity contribution in [1.82, 2.24) is 4.37 Å². The number of nitrogens with zero attached hydrogens (tertiary/aromatic N) is 1. The largest absolute Gasteiger partial charge is 0.496 e. The maximum absolute atomic E-state index is 5.19. The highest BCUT2D eigenvalue weighted by Gasteiger charge is 2.11. The van der Waals surface area contributed by atoms with Crippen LogP contribution in [0.4, 0.5) is 0 Å². The van der Waals surface area contributed by atoms with Crippen molar-refractivity contribution in [2.75, 3.05) is 7.11 Å². The molecule has 1 heterocycles. The minimum absolute atomic E-state index is 0.826. The number of aryl methyl sites for hydroxylation is 1. The van der Waals surface area contributed by atoms with E-state index in [1.165, 1.54) is 16.4 Å². The molecule has 0 saturated carbocycles. The Morgan fingerprint density at radius 3 is 2.56 bits per heavy atom. The number of hydrogen-bond donors (Lipinski definition) is 0. The monoisotopic (exact) mass is 361 g/mol. The highest BCUT2D eigenvalue weighted by atomic mass is 79.9. The first kappa shape index (κ1) is 12.1. The van der Waals surface area contributed by atoms with Crippen molar-refractivity contribution in [2.24, 2.45) is 0 Å². The molecule has 0 radical (unpaired) electrons. The van der Waals surface area contributed by atoms with Crippen LogP contribution >= 0.6 is 43.4 Å². The minimum atomic E-state index is 0.826. The average molecular weight is 363 g/mol. The number of hydrogen-bond acceptors (Lipinski definition) is 3. The Morgan fingerprint density at radius 2 is 2.06 bits per heavy atom. The van der Waals surface area contributed by atoms with Gasteiger partial charge in [-0.15, -0.1) is 0 Å². The van der Waals surface area contributed by atoms with Crippen LogP contribution in [-0.2, 0) is 0 Å². The van der Waals surface area contributed by atoms with Gasteiger partial charge in [0.1, 0.15) is 5.75 Å². The molecule has 16 heavy (non-hydrogen) atoms. The second kappa shape index (κ2) is 4.85. The van der Waals surface area contributed by atoms with Crippen LogP contribution in [0.2, 0.25) is 0 Å². The number of ether oxygens (including phenoxy) is 1. The van der Waals surface area contributed by atoms with Crippen LogP contribution in [0.15, 0.2) is 27.1 Å². The fraction of sp³-hybridized carbons (Fsp3) is 0.182. The molecule has 0 unspecified atom stereocenters. The molecule has 2 rings (SSSR count). The van der Waals surface area contributed by atoms with Crippen LogP contribution in [0, 0.1) is 6.92 Å².